The zero-order valence-corrected chi connectivity index (χ0v) is 27.3. The minimum absolute atomic E-state index is 0.262. The second kappa shape index (κ2) is 11.1. The van der Waals surface area contributed by atoms with Crippen LogP contribution in [0, 0.1) is 5.41 Å². The first-order valence-corrected chi connectivity index (χ1v) is 16.0. The van der Waals surface area contributed by atoms with Crippen LogP contribution in [0.5, 0.6) is 0 Å². The Kier molecular flexibility index (Phi) is 6.58. The fourth-order valence-electron chi connectivity index (χ4n) is 6.53. The molecular formula is C42H42N2O. The highest BCUT2D eigenvalue weighted by Gasteiger charge is 2.25. The maximum atomic E-state index is 8.88. The minimum atomic E-state index is -1.52. The van der Waals surface area contributed by atoms with Crippen molar-refractivity contribution in [3.63, 3.8) is 0 Å². The number of benzene rings is 5. The summed E-state index contributed by atoms with van der Waals surface area (Å²) < 4.78 is 26.8. The molecule has 0 amide bonds. The van der Waals surface area contributed by atoms with Gasteiger partial charge in [-0.3, -0.25) is 4.57 Å². The number of aromatic nitrogens is 2. The van der Waals surface area contributed by atoms with E-state index in [-0.39, 0.29) is 11.8 Å². The van der Waals surface area contributed by atoms with Crippen LogP contribution in [0.15, 0.2) is 108 Å². The first kappa shape index (κ1) is 26.7. The molecule has 0 saturated heterocycles. The molecule has 0 unspecified atom stereocenters. The van der Waals surface area contributed by atoms with E-state index in [0.717, 1.165) is 38.8 Å². The SMILES string of the molecule is [2H]C([2H])(c1ccc2c(c1)oc1c(-c3nc4ccccc4n3-c3c(C(C)C)cc(-c4ccccc4)cc3C(C)C)cccc12)C(C)(C)C. The van der Waals surface area contributed by atoms with Crippen LogP contribution in [-0.2, 0) is 6.37 Å². The molecule has 0 N–H and O–H groups in total. The van der Waals surface area contributed by atoms with E-state index in [2.05, 4.69) is 111 Å². The van der Waals surface area contributed by atoms with Crippen LogP contribution >= 0.6 is 0 Å². The highest BCUT2D eigenvalue weighted by atomic mass is 16.3. The fourth-order valence-corrected chi connectivity index (χ4v) is 6.53. The smallest absolute Gasteiger partial charge is 0.149 e. The molecule has 0 bridgehead atoms. The van der Waals surface area contributed by atoms with Gasteiger partial charge in [-0.05, 0) is 87.8 Å². The molecule has 5 aromatic carbocycles. The van der Waals surface area contributed by atoms with Crippen LogP contribution < -0.4 is 0 Å². The lowest BCUT2D eigenvalue weighted by Crippen LogP contribution is -2.09. The van der Waals surface area contributed by atoms with E-state index in [9.17, 15) is 0 Å². The summed E-state index contributed by atoms with van der Waals surface area (Å²) in [7, 11) is 0. The van der Waals surface area contributed by atoms with Gasteiger partial charge in [0, 0.05) is 13.5 Å². The molecular weight excluding hydrogens is 548 g/mol. The van der Waals surface area contributed by atoms with E-state index >= 15 is 0 Å². The Labute approximate surface area is 269 Å². The second-order valence-corrected chi connectivity index (χ2v) is 13.8. The number of para-hydroxylation sites is 3. The number of nitrogens with zero attached hydrogens (tertiary/aromatic N) is 2. The van der Waals surface area contributed by atoms with Gasteiger partial charge in [-0.25, -0.2) is 4.98 Å². The van der Waals surface area contributed by atoms with Crippen molar-refractivity contribution < 1.29 is 7.16 Å². The lowest BCUT2D eigenvalue weighted by molar-refractivity contribution is 0.411. The number of hydrogen-bond donors (Lipinski definition) is 0. The topological polar surface area (TPSA) is 31.0 Å². The molecule has 0 atom stereocenters. The highest BCUT2D eigenvalue weighted by molar-refractivity contribution is 6.09. The van der Waals surface area contributed by atoms with Gasteiger partial charge in [0.15, 0.2) is 0 Å². The lowest BCUT2D eigenvalue weighted by atomic mass is 9.88. The summed E-state index contributed by atoms with van der Waals surface area (Å²) in [5, 5.41) is 1.96. The molecule has 0 aliphatic carbocycles. The van der Waals surface area contributed by atoms with Crippen molar-refractivity contribution in [2.24, 2.45) is 5.41 Å². The van der Waals surface area contributed by atoms with Crippen molar-refractivity contribution in [1.82, 2.24) is 9.55 Å². The number of rotatable bonds is 6. The summed E-state index contributed by atoms with van der Waals surface area (Å²) in [4.78, 5) is 5.29. The molecule has 7 aromatic rings. The zero-order valence-electron chi connectivity index (χ0n) is 29.3. The molecule has 3 nitrogen and oxygen atoms in total. The molecule has 45 heavy (non-hydrogen) atoms. The highest BCUT2D eigenvalue weighted by Crippen LogP contribution is 2.42. The zero-order chi connectivity index (χ0) is 33.2. The summed E-state index contributed by atoms with van der Waals surface area (Å²) in [5.41, 5.74) is 10.5. The molecule has 3 heteroatoms. The van der Waals surface area contributed by atoms with Gasteiger partial charge in [-0.2, -0.15) is 0 Å². The summed E-state index contributed by atoms with van der Waals surface area (Å²) in [6.07, 6.45) is -1.52. The van der Waals surface area contributed by atoms with Crippen molar-refractivity contribution >= 4 is 33.0 Å². The van der Waals surface area contributed by atoms with Gasteiger partial charge in [-0.1, -0.05) is 115 Å². The van der Waals surface area contributed by atoms with Crippen molar-refractivity contribution in [2.45, 2.75) is 66.7 Å². The van der Waals surface area contributed by atoms with E-state index in [1.54, 1.807) is 0 Å². The lowest BCUT2D eigenvalue weighted by Gasteiger charge is -2.24. The molecule has 7 rings (SSSR count). The Morgan fingerprint density at radius 3 is 2.11 bits per heavy atom. The molecule has 2 heterocycles. The summed E-state index contributed by atoms with van der Waals surface area (Å²) in [5.74, 6) is 1.36. The quantitative estimate of drug-likeness (QED) is 0.192. The second-order valence-electron chi connectivity index (χ2n) is 13.8. The number of furan rings is 1. The predicted octanol–water partition coefficient (Wildman–Crippen LogP) is 12.1. The molecule has 0 aliphatic rings. The minimum Gasteiger partial charge on any atom is -0.455 e. The molecule has 0 fully saturated rings. The summed E-state index contributed by atoms with van der Waals surface area (Å²) in [6.45, 7) is 14.9. The first-order chi connectivity index (χ1) is 22.4. The Morgan fingerprint density at radius 2 is 1.42 bits per heavy atom. The van der Waals surface area contributed by atoms with Gasteiger partial charge >= 0.3 is 0 Å². The van der Waals surface area contributed by atoms with Gasteiger partial charge in [0.05, 0.1) is 22.3 Å². The molecule has 2 aromatic heterocycles. The van der Waals surface area contributed by atoms with Crippen molar-refractivity contribution in [1.29, 1.82) is 0 Å². The normalized spacial score (nSPS) is 13.4. The number of imidazole rings is 1. The Balaban J connectivity index is 1.53. The van der Waals surface area contributed by atoms with Gasteiger partial charge in [-0.15, -0.1) is 0 Å². The number of hydrogen-bond acceptors (Lipinski definition) is 2. The van der Waals surface area contributed by atoms with E-state index in [1.807, 2.05) is 45.0 Å². The van der Waals surface area contributed by atoms with Crippen LogP contribution in [0.2, 0.25) is 0 Å². The van der Waals surface area contributed by atoms with Gasteiger partial charge in [0.2, 0.25) is 0 Å². The van der Waals surface area contributed by atoms with Gasteiger partial charge in [0.1, 0.15) is 17.0 Å². The van der Waals surface area contributed by atoms with Gasteiger partial charge in [0.25, 0.3) is 0 Å². The van der Waals surface area contributed by atoms with Crippen molar-refractivity contribution in [3.8, 4) is 28.2 Å². The van der Waals surface area contributed by atoms with Crippen LogP contribution in [0.1, 0.15) is 79.7 Å². The van der Waals surface area contributed by atoms with Crippen molar-refractivity contribution in [2.75, 3.05) is 0 Å². The molecule has 0 radical (unpaired) electrons. The van der Waals surface area contributed by atoms with E-state index < -0.39 is 11.8 Å². The van der Waals surface area contributed by atoms with Crippen molar-refractivity contribution in [3.05, 3.63) is 120 Å². The third-order valence-electron chi connectivity index (χ3n) is 8.56. The molecule has 0 aliphatic heterocycles. The van der Waals surface area contributed by atoms with Crippen LogP contribution in [0.4, 0.5) is 0 Å². The fraction of sp³-hybridized carbons (Fsp3) is 0.262. The number of fused-ring (bicyclic) bond motifs is 4. The van der Waals surface area contributed by atoms with E-state index in [0.29, 0.717) is 11.1 Å². The van der Waals surface area contributed by atoms with E-state index in [1.165, 1.54) is 27.9 Å². The van der Waals surface area contributed by atoms with Crippen LogP contribution in [0.25, 0.3) is 61.2 Å². The first-order valence-electron chi connectivity index (χ1n) is 17.0. The largest absolute Gasteiger partial charge is 0.455 e. The van der Waals surface area contributed by atoms with E-state index in [4.69, 9.17) is 12.1 Å². The summed E-state index contributed by atoms with van der Waals surface area (Å²) >= 11 is 0. The Bertz CT molecular complexity index is 2240. The van der Waals surface area contributed by atoms with Crippen LogP contribution in [0.3, 0.4) is 0 Å². The average molecular weight is 593 g/mol. The summed E-state index contributed by atoms with van der Waals surface area (Å²) in [6, 6.07) is 35.7. The monoisotopic (exact) mass is 592 g/mol. The molecule has 0 spiro atoms. The third-order valence-corrected chi connectivity index (χ3v) is 8.56. The van der Waals surface area contributed by atoms with Crippen LogP contribution in [-0.4, -0.2) is 9.55 Å². The maximum Gasteiger partial charge on any atom is 0.149 e. The molecule has 226 valence electrons. The Hall–Kier alpha value is -4.63. The van der Waals surface area contributed by atoms with Gasteiger partial charge < -0.3 is 4.42 Å². The average Bonchev–Trinajstić information content (AvgIpc) is 3.62. The maximum absolute atomic E-state index is 8.88. The standard InChI is InChI=1S/C42H42N2O/c1-26(2)34-23-30(29-14-9-8-10-15-29)24-35(27(3)4)39(34)44-37-19-12-11-18-36(37)43-41(44)33-17-13-16-32-31-21-20-28(25-42(5,6)7)22-38(31)45-40(32)33/h8-24,26-27H,25H2,1-7H3/i25D2. The molecule has 0 saturated carbocycles. The predicted molar refractivity (Wildman–Crippen MR) is 191 cm³/mol. The third kappa shape index (κ3) is 5.25. The Morgan fingerprint density at radius 1 is 0.733 bits per heavy atom.